The zero-order valence-electron chi connectivity index (χ0n) is 11.3. The fourth-order valence-corrected chi connectivity index (χ4v) is 1.54. The topological polar surface area (TPSA) is 85.8 Å². The minimum Gasteiger partial charge on any atom is -0.546 e. The summed E-state index contributed by atoms with van der Waals surface area (Å²) in [6, 6.07) is 7.03. The molecule has 1 aromatic carbocycles. The van der Waals surface area contributed by atoms with Gasteiger partial charge in [0.1, 0.15) is 12.4 Å². The molecule has 0 heterocycles. The average molecular weight is 294 g/mol. The summed E-state index contributed by atoms with van der Waals surface area (Å²) < 4.78 is 4.96. The largest absolute Gasteiger partial charge is 0.546 e. The van der Waals surface area contributed by atoms with Crippen LogP contribution in [0.4, 0.5) is 0 Å². The van der Waals surface area contributed by atoms with Crippen LogP contribution in [0.25, 0.3) is 0 Å². The highest BCUT2D eigenvalue weighted by molar-refractivity contribution is 7.80. The summed E-state index contributed by atoms with van der Waals surface area (Å²) in [5.41, 5.74) is 3.51. The smallest absolute Gasteiger partial charge is 0.187 e. The molecule has 6 nitrogen and oxygen atoms in total. The molecule has 1 rings (SSSR count). The van der Waals surface area contributed by atoms with E-state index in [9.17, 15) is 9.90 Å². The summed E-state index contributed by atoms with van der Waals surface area (Å²) in [6.45, 7) is 3.48. The van der Waals surface area contributed by atoms with Gasteiger partial charge in [0.05, 0.1) is 12.2 Å². The van der Waals surface area contributed by atoms with Crippen molar-refractivity contribution in [3.63, 3.8) is 0 Å². The van der Waals surface area contributed by atoms with Crippen molar-refractivity contribution in [3.8, 4) is 5.75 Å². The fourth-order valence-electron chi connectivity index (χ4n) is 1.25. The summed E-state index contributed by atoms with van der Waals surface area (Å²) in [6.07, 6.45) is 1.59. The van der Waals surface area contributed by atoms with Gasteiger partial charge in [-0.15, -0.1) is 0 Å². The molecule has 0 aromatic heterocycles. The van der Waals surface area contributed by atoms with E-state index in [-0.39, 0.29) is 6.04 Å². The molecule has 0 amide bonds. The van der Waals surface area contributed by atoms with E-state index in [1.165, 1.54) is 0 Å². The number of aliphatic carboxylic acids is 1. The van der Waals surface area contributed by atoms with Crippen LogP contribution >= 0.6 is 12.2 Å². The van der Waals surface area contributed by atoms with Gasteiger partial charge in [0.15, 0.2) is 5.11 Å². The van der Waals surface area contributed by atoms with Gasteiger partial charge in [-0.25, -0.2) is 0 Å². The number of carboxylic acids is 1. The van der Waals surface area contributed by atoms with Crippen molar-refractivity contribution in [3.05, 3.63) is 29.8 Å². The second-order valence-corrected chi connectivity index (χ2v) is 4.64. The van der Waals surface area contributed by atoms with Crippen molar-refractivity contribution >= 4 is 29.5 Å². The average Bonchev–Trinajstić information content (AvgIpc) is 2.37. The number of ether oxygens (including phenoxy) is 1. The zero-order valence-corrected chi connectivity index (χ0v) is 12.1. The second-order valence-electron chi connectivity index (χ2n) is 4.23. The number of nitrogens with zero attached hydrogens (tertiary/aromatic N) is 1. The monoisotopic (exact) mass is 294 g/mol. The lowest BCUT2D eigenvalue weighted by Gasteiger charge is -2.09. The molecule has 0 aliphatic heterocycles. The Morgan fingerprint density at radius 3 is 2.65 bits per heavy atom. The molecule has 0 atom stereocenters. The first-order chi connectivity index (χ1) is 9.47. The van der Waals surface area contributed by atoms with Gasteiger partial charge in [-0.05, 0) is 55.9 Å². The highest BCUT2D eigenvalue weighted by Gasteiger charge is 1.96. The van der Waals surface area contributed by atoms with Gasteiger partial charge in [0, 0.05) is 6.04 Å². The summed E-state index contributed by atoms with van der Waals surface area (Å²) in [5, 5.41) is 17.7. The molecule has 0 spiro atoms. The third-order valence-corrected chi connectivity index (χ3v) is 2.25. The summed E-state index contributed by atoms with van der Waals surface area (Å²) in [7, 11) is 0. The van der Waals surface area contributed by atoms with Crippen LogP contribution in [-0.4, -0.2) is 29.9 Å². The molecular formula is C13H16N3O3S-. The number of thiocarbonyl (C=S) groups is 1. The third-order valence-electron chi connectivity index (χ3n) is 2.04. The molecule has 0 saturated heterocycles. The van der Waals surface area contributed by atoms with Crippen molar-refractivity contribution in [2.24, 2.45) is 5.10 Å². The van der Waals surface area contributed by atoms with Gasteiger partial charge in [0.25, 0.3) is 0 Å². The standard InChI is InChI=1S/C13H17N3O3S/c1-9(2)15-13(20)16-14-7-10-3-5-11(6-4-10)19-8-12(17)18/h3-7,9H,8H2,1-2H3,(H,17,18)(H2,15,16,20)/p-1/b14-7-. The van der Waals surface area contributed by atoms with E-state index in [0.717, 1.165) is 5.56 Å². The quantitative estimate of drug-likeness (QED) is 0.437. The lowest BCUT2D eigenvalue weighted by molar-refractivity contribution is -0.307. The minimum absolute atomic E-state index is 0.241. The fraction of sp³-hybridized carbons (Fsp3) is 0.308. The van der Waals surface area contributed by atoms with Crippen LogP contribution in [0.15, 0.2) is 29.4 Å². The normalized spacial score (nSPS) is 10.6. The van der Waals surface area contributed by atoms with Crippen molar-refractivity contribution in [2.45, 2.75) is 19.9 Å². The molecule has 1 aromatic rings. The van der Waals surface area contributed by atoms with Gasteiger partial charge >= 0.3 is 0 Å². The molecule has 0 saturated carbocycles. The lowest BCUT2D eigenvalue weighted by Crippen LogP contribution is -2.36. The number of carbonyl (C=O) groups excluding carboxylic acids is 1. The number of hydrazone groups is 1. The van der Waals surface area contributed by atoms with E-state index in [0.29, 0.717) is 10.9 Å². The Bertz CT molecular complexity index is 486. The molecule has 20 heavy (non-hydrogen) atoms. The first-order valence-electron chi connectivity index (χ1n) is 5.99. The molecule has 108 valence electrons. The minimum atomic E-state index is -1.26. The van der Waals surface area contributed by atoms with Crippen LogP contribution in [0.2, 0.25) is 0 Å². The van der Waals surface area contributed by atoms with Crippen LogP contribution in [0, 0.1) is 0 Å². The maximum Gasteiger partial charge on any atom is 0.187 e. The van der Waals surface area contributed by atoms with Crippen LogP contribution < -0.4 is 20.6 Å². The SMILES string of the molecule is CC(C)NC(=S)N/N=C\c1ccc(OCC(=O)[O-])cc1. The zero-order chi connectivity index (χ0) is 15.0. The van der Waals surface area contributed by atoms with Crippen molar-refractivity contribution in [1.82, 2.24) is 10.7 Å². The Kier molecular flexibility index (Phi) is 6.45. The second kappa shape index (κ2) is 8.11. The molecule has 0 aliphatic rings. The Hall–Kier alpha value is -2.15. The molecule has 0 aliphatic carbocycles. The number of rotatable bonds is 6. The Morgan fingerprint density at radius 1 is 1.45 bits per heavy atom. The van der Waals surface area contributed by atoms with Crippen molar-refractivity contribution < 1.29 is 14.6 Å². The van der Waals surface area contributed by atoms with Gasteiger partial charge < -0.3 is 20.0 Å². The maximum absolute atomic E-state index is 10.2. The molecule has 0 unspecified atom stereocenters. The van der Waals surface area contributed by atoms with Crippen LogP contribution in [-0.2, 0) is 4.79 Å². The van der Waals surface area contributed by atoms with Crippen LogP contribution in [0.1, 0.15) is 19.4 Å². The first-order valence-corrected chi connectivity index (χ1v) is 6.40. The highest BCUT2D eigenvalue weighted by Crippen LogP contribution is 2.10. The number of carboxylic acid groups (broad SMARTS) is 1. The molecule has 0 bridgehead atoms. The molecule has 7 heteroatoms. The maximum atomic E-state index is 10.2. The molecule has 2 N–H and O–H groups in total. The van der Waals surface area contributed by atoms with E-state index < -0.39 is 12.6 Å². The molecular weight excluding hydrogens is 278 g/mol. The summed E-state index contributed by atoms with van der Waals surface area (Å²) in [4.78, 5) is 10.2. The number of benzene rings is 1. The van der Waals surface area contributed by atoms with Crippen molar-refractivity contribution in [2.75, 3.05) is 6.61 Å². The Balaban J connectivity index is 2.44. The van der Waals surface area contributed by atoms with Gasteiger partial charge in [-0.2, -0.15) is 5.10 Å². The van der Waals surface area contributed by atoms with E-state index >= 15 is 0 Å². The lowest BCUT2D eigenvalue weighted by atomic mass is 10.2. The van der Waals surface area contributed by atoms with Crippen LogP contribution in [0.5, 0.6) is 5.75 Å². The van der Waals surface area contributed by atoms with E-state index in [2.05, 4.69) is 15.8 Å². The third kappa shape index (κ3) is 6.69. The molecule has 0 radical (unpaired) electrons. The summed E-state index contributed by atoms with van der Waals surface area (Å²) in [5.74, 6) is -0.803. The number of hydrogen-bond donors (Lipinski definition) is 2. The predicted octanol–water partition coefficient (Wildman–Crippen LogP) is 0.0217. The van der Waals surface area contributed by atoms with Gasteiger partial charge in [0.2, 0.25) is 0 Å². The molecule has 0 fully saturated rings. The Labute approximate surface area is 122 Å². The number of carbonyl (C=O) groups is 1. The first kappa shape index (κ1) is 15.9. The van der Waals surface area contributed by atoms with Crippen LogP contribution in [0.3, 0.4) is 0 Å². The van der Waals surface area contributed by atoms with E-state index in [1.54, 1.807) is 30.5 Å². The summed E-state index contributed by atoms with van der Waals surface area (Å²) >= 11 is 5.01. The van der Waals surface area contributed by atoms with E-state index in [1.807, 2.05) is 13.8 Å². The number of nitrogens with one attached hydrogen (secondary N) is 2. The highest BCUT2D eigenvalue weighted by atomic mass is 32.1. The number of hydrogen-bond acceptors (Lipinski definition) is 5. The Morgan fingerprint density at radius 2 is 2.10 bits per heavy atom. The van der Waals surface area contributed by atoms with Gasteiger partial charge in [-0.1, -0.05) is 0 Å². The van der Waals surface area contributed by atoms with E-state index in [4.69, 9.17) is 17.0 Å². The van der Waals surface area contributed by atoms with Crippen molar-refractivity contribution in [1.29, 1.82) is 0 Å². The van der Waals surface area contributed by atoms with Gasteiger partial charge in [-0.3, -0.25) is 5.43 Å². The predicted molar refractivity (Wildman–Crippen MR) is 78.5 cm³/mol.